The number of rotatable bonds is 7. The Balaban J connectivity index is 1.44. The summed E-state index contributed by atoms with van der Waals surface area (Å²) in [7, 11) is 1.60. The number of nitriles is 1. The van der Waals surface area contributed by atoms with E-state index in [-0.39, 0.29) is 12.1 Å². The molecular weight excluding hydrogens is 428 g/mol. The fraction of sp³-hybridized carbons (Fsp3) is 0.333. The molecule has 2 amide bonds. The zero-order valence-corrected chi connectivity index (χ0v) is 19.7. The van der Waals surface area contributed by atoms with Crippen molar-refractivity contribution in [1.82, 2.24) is 9.80 Å². The van der Waals surface area contributed by atoms with Crippen molar-refractivity contribution in [2.75, 3.05) is 25.5 Å². The van der Waals surface area contributed by atoms with Crippen molar-refractivity contribution in [2.24, 2.45) is 0 Å². The van der Waals surface area contributed by atoms with Gasteiger partial charge in [0, 0.05) is 25.7 Å². The first kappa shape index (κ1) is 23.4. The Hall–Kier alpha value is -3.76. The topological polar surface area (TPSA) is 81.7 Å². The highest BCUT2D eigenvalue weighted by atomic mass is 16.5. The predicted molar refractivity (Wildman–Crippen MR) is 130 cm³/mol. The van der Waals surface area contributed by atoms with E-state index in [1.165, 1.54) is 0 Å². The molecule has 1 aliphatic rings. The summed E-state index contributed by atoms with van der Waals surface area (Å²) in [4.78, 5) is 17.7. The van der Waals surface area contributed by atoms with Crippen LogP contribution in [-0.2, 0) is 13.1 Å². The third kappa shape index (κ3) is 5.77. The summed E-state index contributed by atoms with van der Waals surface area (Å²) >= 11 is 0. The number of ether oxygens (including phenoxy) is 1. The normalized spacial score (nSPS) is 14.4. The van der Waals surface area contributed by atoms with Crippen LogP contribution in [-0.4, -0.2) is 42.1 Å². The Morgan fingerprint density at radius 2 is 2.03 bits per heavy atom. The van der Waals surface area contributed by atoms with Crippen LogP contribution in [0.3, 0.4) is 0 Å². The van der Waals surface area contributed by atoms with E-state index < -0.39 is 0 Å². The first-order chi connectivity index (χ1) is 16.6. The summed E-state index contributed by atoms with van der Waals surface area (Å²) in [5.74, 6) is 1.38. The molecule has 0 unspecified atom stereocenters. The van der Waals surface area contributed by atoms with Gasteiger partial charge in [-0.05, 0) is 67.3 Å². The van der Waals surface area contributed by atoms with Gasteiger partial charge in [0.1, 0.15) is 11.5 Å². The highest BCUT2D eigenvalue weighted by molar-refractivity contribution is 5.91. The molecular formula is C27H30N4O3. The van der Waals surface area contributed by atoms with E-state index in [2.05, 4.69) is 22.4 Å². The zero-order valence-electron chi connectivity index (χ0n) is 19.7. The maximum atomic E-state index is 13.4. The van der Waals surface area contributed by atoms with Gasteiger partial charge in [-0.25, -0.2) is 4.79 Å². The fourth-order valence-corrected chi connectivity index (χ4v) is 4.43. The van der Waals surface area contributed by atoms with Gasteiger partial charge in [0.25, 0.3) is 0 Å². The van der Waals surface area contributed by atoms with Crippen molar-refractivity contribution in [2.45, 2.75) is 38.9 Å². The first-order valence-electron chi connectivity index (χ1n) is 11.5. The van der Waals surface area contributed by atoms with Gasteiger partial charge in [0.2, 0.25) is 0 Å². The summed E-state index contributed by atoms with van der Waals surface area (Å²) in [6.07, 6.45) is 3.35. The highest BCUT2D eigenvalue weighted by Gasteiger charge is 2.29. The number of amides is 2. The molecule has 0 radical (unpaired) electrons. The van der Waals surface area contributed by atoms with Crippen LogP contribution in [0, 0.1) is 18.3 Å². The van der Waals surface area contributed by atoms with Gasteiger partial charge in [-0.1, -0.05) is 18.2 Å². The monoisotopic (exact) mass is 458 g/mol. The molecule has 0 atom stereocenters. The molecule has 0 spiro atoms. The second-order valence-corrected chi connectivity index (χ2v) is 8.66. The molecule has 176 valence electrons. The molecule has 0 aliphatic carbocycles. The predicted octanol–water partition coefficient (Wildman–Crippen LogP) is 5.17. The number of anilines is 1. The average Bonchev–Trinajstić information content (AvgIpc) is 3.37. The van der Waals surface area contributed by atoms with E-state index >= 15 is 0 Å². The van der Waals surface area contributed by atoms with Crippen LogP contribution in [0.15, 0.2) is 65.3 Å². The van der Waals surface area contributed by atoms with E-state index in [1.54, 1.807) is 13.4 Å². The number of benzene rings is 2. The van der Waals surface area contributed by atoms with Crippen LogP contribution >= 0.6 is 0 Å². The van der Waals surface area contributed by atoms with E-state index in [9.17, 15) is 4.79 Å². The van der Waals surface area contributed by atoms with Gasteiger partial charge in [-0.15, -0.1) is 0 Å². The molecule has 1 aliphatic heterocycles. The van der Waals surface area contributed by atoms with Crippen LogP contribution in [0.25, 0.3) is 0 Å². The second kappa shape index (κ2) is 10.9. The maximum absolute atomic E-state index is 13.4. The van der Waals surface area contributed by atoms with Crippen LogP contribution in [0.2, 0.25) is 0 Å². The van der Waals surface area contributed by atoms with Crippen molar-refractivity contribution in [1.29, 1.82) is 5.26 Å². The smallest absolute Gasteiger partial charge is 0.322 e. The SMILES string of the molecule is COc1ccc(C)cc1NC(=O)N(Cc1ccco1)C1CCN(Cc2cccc(C#N)c2)CC1. The zero-order chi connectivity index (χ0) is 23.9. The lowest BCUT2D eigenvalue weighted by Gasteiger charge is -2.38. The van der Waals surface area contributed by atoms with Crippen LogP contribution in [0.1, 0.15) is 35.3 Å². The van der Waals surface area contributed by atoms with Gasteiger partial charge < -0.3 is 19.4 Å². The second-order valence-electron chi connectivity index (χ2n) is 8.66. The van der Waals surface area contributed by atoms with Gasteiger partial charge >= 0.3 is 6.03 Å². The minimum Gasteiger partial charge on any atom is -0.495 e. The minimum absolute atomic E-state index is 0.0857. The van der Waals surface area contributed by atoms with Gasteiger partial charge in [0.05, 0.1) is 37.2 Å². The summed E-state index contributed by atoms with van der Waals surface area (Å²) in [6.45, 7) is 4.93. The van der Waals surface area contributed by atoms with Crippen molar-refractivity contribution in [3.63, 3.8) is 0 Å². The van der Waals surface area contributed by atoms with E-state index in [0.29, 0.717) is 23.5 Å². The van der Waals surface area contributed by atoms with Crippen molar-refractivity contribution in [3.8, 4) is 11.8 Å². The molecule has 4 rings (SSSR count). The molecule has 0 bridgehead atoms. The Kier molecular flexibility index (Phi) is 7.51. The fourth-order valence-electron chi connectivity index (χ4n) is 4.43. The Labute approximate surface area is 200 Å². The Morgan fingerprint density at radius 1 is 1.21 bits per heavy atom. The average molecular weight is 459 g/mol. The van der Waals surface area contributed by atoms with Crippen LogP contribution < -0.4 is 10.1 Å². The number of carbonyl (C=O) groups excluding carboxylic acids is 1. The Morgan fingerprint density at radius 3 is 2.74 bits per heavy atom. The number of furan rings is 1. The molecule has 7 heteroatoms. The molecule has 1 N–H and O–H groups in total. The largest absolute Gasteiger partial charge is 0.495 e. The lowest BCUT2D eigenvalue weighted by Crippen LogP contribution is -2.48. The quantitative estimate of drug-likeness (QED) is 0.528. The number of urea groups is 1. The van der Waals surface area contributed by atoms with E-state index in [1.807, 2.05) is 60.4 Å². The molecule has 1 aromatic heterocycles. The lowest BCUT2D eigenvalue weighted by molar-refractivity contribution is 0.115. The van der Waals surface area contributed by atoms with Gasteiger partial charge in [0.15, 0.2) is 0 Å². The van der Waals surface area contributed by atoms with Crippen molar-refractivity contribution in [3.05, 3.63) is 83.3 Å². The number of aryl methyl sites for hydroxylation is 1. The number of nitrogens with one attached hydrogen (secondary N) is 1. The number of hydrogen-bond acceptors (Lipinski definition) is 5. The molecule has 1 saturated heterocycles. The molecule has 2 heterocycles. The number of methoxy groups -OCH3 is 1. The molecule has 3 aromatic rings. The number of carbonyl (C=O) groups is 1. The van der Waals surface area contributed by atoms with Crippen LogP contribution in [0.4, 0.5) is 10.5 Å². The Bertz CT molecular complexity index is 1140. The van der Waals surface area contributed by atoms with Crippen molar-refractivity contribution < 1.29 is 13.9 Å². The van der Waals surface area contributed by atoms with Crippen LogP contribution in [0.5, 0.6) is 5.75 Å². The maximum Gasteiger partial charge on any atom is 0.322 e. The summed E-state index contributed by atoms with van der Waals surface area (Å²) in [6, 6.07) is 19.3. The van der Waals surface area contributed by atoms with E-state index in [0.717, 1.165) is 49.4 Å². The summed E-state index contributed by atoms with van der Waals surface area (Å²) in [5, 5.41) is 12.2. The third-order valence-corrected chi connectivity index (χ3v) is 6.22. The number of piperidine rings is 1. The summed E-state index contributed by atoms with van der Waals surface area (Å²) < 4.78 is 11.0. The minimum atomic E-state index is -0.166. The standard InChI is InChI=1S/C27H30N4O3/c1-20-8-9-26(33-2)25(15-20)29-27(32)31(19-24-7-4-14-34-24)23-10-12-30(13-11-23)18-22-6-3-5-21(16-22)17-28/h3-9,14-16,23H,10-13,18-19H2,1-2H3,(H,29,32). The highest BCUT2D eigenvalue weighted by Crippen LogP contribution is 2.27. The first-order valence-corrected chi connectivity index (χ1v) is 11.5. The lowest BCUT2D eigenvalue weighted by atomic mass is 10.0. The third-order valence-electron chi connectivity index (χ3n) is 6.22. The van der Waals surface area contributed by atoms with Crippen molar-refractivity contribution >= 4 is 11.7 Å². The van der Waals surface area contributed by atoms with E-state index in [4.69, 9.17) is 14.4 Å². The molecule has 2 aromatic carbocycles. The number of hydrogen-bond donors (Lipinski definition) is 1. The molecule has 0 saturated carbocycles. The molecule has 34 heavy (non-hydrogen) atoms. The molecule has 1 fully saturated rings. The number of likely N-dealkylation sites (tertiary alicyclic amines) is 1. The van der Waals surface area contributed by atoms with Gasteiger partial charge in [-0.3, -0.25) is 4.90 Å². The van der Waals surface area contributed by atoms with Gasteiger partial charge in [-0.2, -0.15) is 5.26 Å². The molecule has 7 nitrogen and oxygen atoms in total. The number of nitrogens with zero attached hydrogens (tertiary/aromatic N) is 3. The summed E-state index contributed by atoms with van der Waals surface area (Å²) in [5.41, 5.74) is 3.52.